The molecule has 7 heteroatoms. The largest absolute Gasteiger partial charge is 0.496 e. The highest BCUT2D eigenvalue weighted by Gasteiger charge is 2.17. The second kappa shape index (κ2) is 7.76. The van der Waals surface area contributed by atoms with Crippen LogP contribution in [-0.2, 0) is 11.3 Å². The highest BCUT2D eigenvalue weighted by Crippen LogP contribution is 2.34. The summed E-state index contributed by atoms with van der Waals surface area (Å²) in [6, 6.07) is 11.2. The predicted molar refractivity (Wildman–Crippen MR) is 97.3 cm³/mol. The van der Waals surface area contributed by atoms with Gasteiger partial charge in [-0.05, 0) is 30.3 Å². The Balaban J connectivity index is 1.58. The van der Waals surface area contributed by atoms with Crippen LogP contribution in [0.3, 0.4) is 0 Å². The van der Waals surface area contributed by atoms with E-state index in [0.717, 1.165) is 20.7 Å². The lowest BCUT2D eigenvalue weighted by atomic mass is 10.2. The molecule has 1 heterocycles. The third kappa shape index (κ3) is 4.43. The van der Waals surface area contributed by atoms with Crippen LogP contribution in [0, 0.1) is 0 Å². The Morgan fingerprint density at radius 2 is 2.04 bits per heavy atom. The fourth-order valence-corrected chi connectivity index (χ4v) is 3.13. The van der Waals surface area contributed by atoms with Gasteiger partial charge in [0.05, 0.1) is 14.2 Å². The van der Waals surface area contributed by atoms with Gasteiger partial charge in [-0.2, -0.15) is 0 Å². The molecule has 2 aromatic carbocycles. The maximum atomic E-state index is 12.3. The molecule has 0 aliphatic carbocycles. The Hall–Kier alpha value is -2.25. The van der Waals surface area contributed by atoms with Gasteiger partial charge in [0.2, 0.25) is 6.79 Å². The van der Waals surface area contributed by atoms with E-state index >= 15 is 0 Å². The molecule has 132 valence electrons. The number of quaternary nitrogens is 1. The number of carbonyl (C=O) groups excluding carboxylic acids is 1. The first-order valence-corrected chi connectivity index (χ1v) is 8.67. The third-order valence-corrected chi connectivity index (χ3v) is 4.35. The molecule has 0 saturated carbocycles. The van der Waals surface area contributed by atoms with Crippen molar-refractivity contribution in [3.63, 3.8) is 0 Å². The third-order valence-electron chi connectivity index (χ3n) is 3.85. The van der Waals surface area contributed by atoms with Crippen molar-refractivity contribution >= 4 is 27.5 Å². The van der Waals surface area contributed by atoms with Gasteiger partial charge in [0.25, 0.3) is 5.91 Å². The first-order chi connectivity index (χ1) is 12.0. The fraction of sp³-hybridized carbons (Fsp3) is 0.278. The molecule has 2 aromatic rings. The molecule has 0 spiro atoms. The highest BCUT2D eigenvalue weighted by atomic mass is 79.9. The minimum Gasteiger partial charge on any atom is -0.496 e. The Bertz CT molecular complexity index is 782. The first-order valence-electron chi connectivity index (χ1n) is 7.88. The van der Waals surface area contributed by atoms with Crippen LogP contribution in [0.15, 0.2) is 40.9 Å². The maximum absolute atomic E-state index is 12.3. The number of nitrogens with one attached hydrogen (secondary N) is 2. The van der Waals surface area contributed by atoms with Gasteiger partial charge in [0, 0.05) is 21.8 Å². The lowest BCUT2D eigenvalue weighted by Crippen LogP contribution is -3.08. The summed E-state index contributed by atoms with van der Waals surface area (Å²) in [6.07, 6.45) is 0. The van der Waals surface area contributed by atoms with Crippen LogP contribution in [0.4, 0.5) is 5.69 Å². The summed E-state index contributed by atoms with van der Waals surface area (Å²) < 4.78 is 17.0. The number of hydrogen-bond donors (Lipinski definition) is 2. The Morgan fingerprint density at radius 1 is 1.24 bits per heavy atom. The minimum absolute atomic E-state index is 0.0645. The molecule has 25 heavy (non-hydrogen) atoms. The van der Waals surface area contributed by atoms with E-state index in [2.05, 4.69) is 21.2 Å². The van der Waals surface area contributed by atoms with Gasteiger partial charge in [-0.1, -0.05) is 15.9 Å². The van der Waals surface area contributed by atoms with Crippen molar-refractivity contribution in [1.82, 2.24) is 0 Å². The van der Waals surface area contributed by atoms with Crippen LogP contribution in [0.25, 0.3) is 0 Å². The van der Waals surface area contributed by atoms with Crippen LogP contribution in [0.2, 0.25) is 0 Å². The smallest absolute Gasteiger partial charge is 0.279 e. The van der Waals surface area contributed by atoms with Gasteiger partial charge >= 0.3 is 0 Å². The van der Waals surface area contributed by atoms with E-state index in [1.54, 1.807) is 25.3 Å². The molecular formula is C18H20BrN2O4+. The summed E-state index contributed by atoms with van der Waals surface area (Å²) in [5.41, 5.74) is 1.74. The van der Waals surface area contributed by atoms with Gasteiger partial charge < -0.3 is 24.4 Å². The number of rotatable bonds is 6. The summed E-state index contributed by atoms with van der Waals surface area (Å²) in [5.74, 6) is 2.10. The van der Waals surface area contributed by atoms with Crippen molar-refractivity contribution in [3.05, 3.63) is 46.4 Å². The fourth-order valence-electron chi connectivity index (χ4n) is 2.73. The van der Waals surface area contributed by atoms with Crippen LogP contribution in [-0.4, -0.2) is 33.4 Å². The summed E-state index contributed by atoms with van der Waals surface area (Å²) in [7, 11) is 3.62. The number of anilines is 1. The molecule has 1 amide bonds. The topological polar surface area (TPSA) is 61.2 Å². The van der Waals surface area contributed by atoms with Crippen molar-refractivity contribution < 1.29 is 23.9 Å². The molecule has 3 rings (SSSR count). The number of carbonyl (C=O) groups is 1. The van der Waals surface area contributed by atoms with E-state index in [-0.39, 0.29) is 12.7 Å². The van der Waals surface area contributed by atoms with Crippen molar-refractivity contribution in [2.45, 2.75) is 6.54 Å². The average molecular weight is 408 g/mol. The molecule has 0 aromatic heterocycles. The monoisotopic (exact) mass is 407 g/mol. The summed E-state index contributed by atoms with van der Waals surface area (Å²) in [6.45, 7) is 1.23. The van der Waals surface area contributed by atoms with E-state index in [0.29, 0.717) is 30.3 Å². The van der Waals surface area contributed by atoms with E-state index < -0.39 is 0 Å². The number of likely N-dealkylation sites (N-methyl/N-ethyl adjacent to an activating group) is 1. The van der Waals surface area contributed by atoms with Gasteiger partial charge in [0.1, 0.15) is 12.3 Å². The van der Waals surface area contributed by atoms with Crippen LogP contribution in [0.1, 0.15) is 5.56 Å². The zero-order chi connectivity index (χ0) is 17.8. The summed E-state index contributed by atoms with van der Waals surface area (Å²) in [5, 5.41) is 2.89. The molecule has 0 saturated heterocycles. The number of amides is 1. The maximum Gasteiger partial charge on any atom is 0.279 e. The summed E-state index contributed by atoms with van der Waals surface area (Å²) >= 11 is 3.47. The zero-order valence-corrected chi connectivity index (χ0v) is 15.7. The lowest BCUT2D eigenvalue weighted by molar-refractivity contribution is -0.885. The van der Waals surface area contributed by atoms with Gasteiger partial charge in [0.15, 0.2) is 18.0 Å². The van der Waals surface area contributed by atoms with Gasteiger partial charge in [-0.15, -0.1) is 0 Å². The number of ether oxygens (including phenoxy) is 3. The van der Waals surface area contributed by atoms with Crippen LogP contribution in [0.5, 0.6) is 17.2 Å². The van der Waals surface area contributed by atoms with Crippen molar-refractivity contribution in [2.75, 3.05) is 32.8 Å². The van der Waals surface area contributed by atoms with Crippen molar-refractivity contribution in [3.8, 4) is 17.2 Å². The van der Waals surface area contributed by atoms with E-state index in [4.69, 9.17) is 14.2 Å². The Labute approximate surface area is 154 Å². The second-order valence-corrected chi connectivity index (χ2v) is 6.80. The molecular weight excluding hydrogens is 388 g/mol. The number of methoxy groups -OCH3 is 1. The lowest BCUT2D eigenvalue weighted by Gasteiger charge is -2.16. The summed E-state index contributed by atoms with van der Waals surface area (Å²) in [4.78, 5) is 13.3. The van der Waals surface area contributed by atoms with Crippen LogP contribution >= 0.6 is 15.9 Å². The van der Waals surface area contributed by atoms with Crippen LogP contribution < -0.4 is 24.4 Å². The predicted octanol–water partition coefficient (Wildman–Crippen LogP) is 1.84. The first kappa shape index (κ1) is 17.6. The Kier molecular flexibility index (Phi) is 5.45. The zero-order valence-electron chi connectivity index (χ0n) is 14.1. The number of fused-ring (bicyclic) bond motifs is 1. The average Bonchev–Trinajstić information content (AvgIpc) is 3.02. The highest BCUT2D eigenvalue weighted by molar-refractivity contribution is 9.10. The normalized spacial score (nSPS) is 13.4. The van der Waals surface area contributed by atoms with E-state index in [1.807, 2.05) is 25.2 Å². The van der Waals surface area contributed by atoms with E-state index in [1.165, 1.54) is 0 Å². The van der Waals surface area contributed by atoms with Crippen molar-refractivity contribution in [1.29, 1.82) is 0 Å². The molecule has 1 atom stereocenters. The molecule has 6 nitrogen and oxygen atoms in total. The molecule has 0 fully saturated rings. The molecule has 1 unspecified atom stereocenters. The number of hydrogen-bond acceptors (Lipinski definition) is 4. The molecule has 0 bridgehead atoms. The second-order valence-electron chi connectivity index (χ2n) is 5.88. The molecule has 2 N–H and O–H groups in total. The quantitative estimate of drug-likeness (QED) is 0.766. The molecule has 1 aliphatic rings. The standard InChI is InChI=1S/C18H19BrN2O4/c1-21(9-12-7-13(19)3-5-15(12)23-2)10-18(22)20-14-4-6-16-17(8-14)25-11-24-16/h3-8H,9-11H2,1-2H3,(H,20,22)/p+1. The SMILES string of the molecule is COc1ccc(Br)cc1C[NH+](C)CC(=O)Nc1ccc2c(c1)OCO2. The molecule has 1 aliphatic heterocycles. The number of benzene rings is 2. The Morgan fingerprint density at radius 3 is 2.84 bits per heavy atom. The van der Waals surface area contributed by atoms with Crippen molar-refractivity contribution in [2.24, 2.45) is 0 Å². The number of halogens is 1. The van der Waals surface area contributed by atoms with Gasteiger partial charge in [-0.25, -0.2) is 0 Å². The molecule has 0 radical (unpaired) electrons. The van der Waals surface area contributed by atoms with E-state index in [9.17, 15) is 4.79 Å². The minimum atomic E-state index is -0.0645. The van der Waals surface area contributed by atoms with Gasteiger partial charge in [-0.3, -0.25) is 4.79 Å².